The van der Waals surface area contributed by atoms with Crippen LogP contribution in [0.3, 0.4) is 0 Å². The van der Waals surface area contributed by atoms with Gasteiger partial charge in [0.1, 0.15) is 5.69 Å². The number of aromatic nitrogens is 4. The van der Waals surface area contributed by atoms with E-state index in [1.54, 1.807) is 0 Å². The molecule has 0 aliphatic heterocycles. The van der Waals surface area contributed by atoms with E-state index in [-0.39, 0.29) is 0 Å². The Hall–Kier alpha value is -1.85. The summed E-state index contributed by atoms with van der Waals surface area (Å²) in [5.41, 5.74) is 1.86. The van der Waals surface area contributed by atoms with Crippen molar-refractivity contribution in [2.75, 3.05) is 6.61 Å². The van der Waals surface area contributed by atoms with Crippen molar-refractivity contribution in [1.82, 2.24) is 19.3 Å². The van der Waals surface area contributed by atoms with Crippen LogP contribution in [0.25, 0.3) is 22.4 Å². The topological polar surface area (TPSA) is 55.9 Å². The lowest BCUT2D eigenvalue weighted by atomic mass is 9.82. The summed E-state index contributed by atoms with van der Waals surface area (Å²) in [6.07, 6.45) is 8.42. The summed E-state index contributed by atoms with van der Waals surface area (Å²) in [6.45, 7) is 1.26. The molecule has 1 saturated carbocycles. The first-order valence-corrected chi connectivity index (χ1v) is 9.28. The molecule has 3 aromatic rings. The van der Waals surface area contributed by atoms with Crippen molar-refractivity contribution in [3.05, 3.63) is 35.6 Å². The van der Waals surface area contributed by atoms with E-state index in [0.29, 0.717) is 23.5 Å². The maximum Gasteiger partial charge on any atom is 0.161 e. The molecular weight excluding hydrogens is 336 g/mol. The lowest BCUT2D eigenvalue weighted by Crippen LogP contribution is -2.21. The van der Waals surface area contributed by atoms with Crippen molar-refractivity contribution in [1.29, 1.82) is 0 Å². The Morgan fingerprint density at radius 1 is 1.20 bits per heavy atom. The molecule has 1 N–H and O–H groups in total. The fourth-order valence-electron chi connectivity index (χ4n) is 3.98. The molecule has 0 radical (unpaired) electrons. The third-order valence-corrected chi connectivity index (χ3v) is 5.75. The van der Waals surface area contributed by atoms with E-state index in [2.05, 4.69) is 14.6 Å². The van der Waals surface area contributed by atoms with Crippen LogP contribution < -0.4 is 0 Å². The Balaban J connectivity index is 1.65. The zero-order valence-electron chi connectivity index (χ0n) is 14.4. The van der Waals surface area contributed by atoms with Crippen LogP contribution in [-0.2, 0) is 13.6 Å². The number of benzene rings is 1. The number of hydrogen-bond donors (Lipinski definition) is 1. The highest BCUT2D eigenvalue weighted by Gasteiger charge is 2.23. The molecular formula is C19H23ClN4O. The van der Waals surface area contributed by atoms with Gasteiger partial charge >= 0.3 is 0 Å². The van der Waals surface area contributed by atoms with Crippen LogP contribution in [0, 0.1) is 11.8 Å². The predicted octanol–water partition coefficient (Wildman–Crippen LogP) is 3.89. The number of hydrogen-bond acceptors (Lipinski definition) is 3. The summed E-state index contributed by atoms with van der Waals surface area (Å²) in [5.74, 6) is 1.99. The molecule has 2 heterocycles. The molecule has 0 spiro atoms. The molecule has 0 unspecified atom stereocenters. The summed E-state index contributed by atoms with van der Waals surface area (Å²) < 4.78 is 4.07. The smallest absolute Gasteiger partial charge is 0.161 e. The van der Waals surface area contributed by atoms with Gasteiger partial charge in [-0.25, -0.2) is 4.98 Å². The summed E-state index contributed by atoms with van der Waals surface area (Å²) in [5, 5.41) is 15.7. The van der Waals surface area contributed by atoms with Gasteiger partial charge in [0.25, 0.3) is 0 Å². The van der Waals surface area contributed by atoms with E-state index in [1.165, 1.54) is 0 Å². The molecule has 1 aliphatic rings. The molecule has 0 saturated heterocycles. The summed E-state index contributed by atoms with van der Waals surface area (Å²) in [6, 6.07) is 5.88. The fraction of sp³-hybridized carbons (Fsp3) is 0.474. The van der Waals surface area contributed by atoms with Gasteiger partial charge in [0.15, 0.2) is 5.82 Å². The first-order valence-electron chi connectivity index (χ1n) is 8.91. The highest BCUT2D eigenvalue weighted by Crippen LogP contribution is 2.34. The fourth-order valence-corrected chi connectivity index (χ4v) is 4.23. The third kappa shape index (κ3) is 3.07. The number of aliphatic hydroxyl groups is 1. The zero-order valence-corrected chi connectivity index (χ0v) is 15.2. The van der Waals surface area contributed by atoms with Crippen LogP contribution in [0.1, 0.15) is 25.7 Å². The minimum atomic E-state index is 0.321. The van der Waals surface area contributed by atoms with E-state index < -0.39 is 0 Å². The number of nitrogens with zero attached hydrogens (tertiary/aromatic N) is 4. The molecule has 0 atom stereocenters. The Bertz CT molecular complexity index is 877. The number of fused-ring (bicyclic) bond motifs is 1. The second-order valence-corrected chi connectivity index (χ2v) is 7.49. The first kappa shape index (κ1) is 16.6. The monoisotopic (exact) mass is 358 g/mol. The van der Waals surface area contributed by atoms with E-state index >= 15 is 0 Å². The second kappa shape index (κ2) is 6.81. The van der Waals surface area contributed by atoms with Crippen LogP contribution in [0.2, 0.25) is 5.02 Å². The van der Waals surface area contributed by atoms with Crippen LogP contribution >= 0.6 is 11.6 Å². The Morgan fingerprint density at radius 3 is 2.72 bits per heavy atom. The molecule has 1 fully saturated rings. The van der Waals surface area contributed by atoms with Gasteiger partial charge in [0, 0.05) is 38.0 Å². The lowest BCUT2D eigenvalue weighted by Gasteiger charge is -2.27. The number of rotatable bonds is 4. The minimum absolute atomic E-state index is 0.321. The van der Waals surface area contributed by atoms with Gasteiger partial charge in [-0.15, -0.1) is 0 Å². The van der Waals surface area contributed by atoms with Crippen molar-refractivity contribution < 1.29 is 5.11 Å². The van der Waals surface area contributed by atoms with Crippen LogP contribution in [0.15, 0.2) is 30.6 Å². The van der Waals surface area contributed by atoms with Gasteiger partial charge in [0.05, 0.1) is 10.5 Å². The Kier molecular flexibility index (Phi) is 4.52. The van der Waals surface area contributed by atoms with E-state index in [1.807, 2.05) is 42.3 Å². The van der Waals surface area contributed by atoms with Crippen molar-refractivity contribution in [2.45, 2.75) is 32.2 Å². The average molecular weight is 359 g/mol. The van der Waals surface area contributed by atoms with Gasteiger partial charge in [-0.3, -0.25) is 4.68 Å². The maximum absolute atomic E-state index is 9.32. The second-order valence-electron chi connectivity index (χ2n) is 7.08. The van der Waals surface area contributed by atoms with Crippen LogP contribution in [0.4, 0.5) is 0 Å². The average Bonchev–Trinajstić information content (AvgIpc) is 3.21. The van der Waals surface area contributed by atoms with Crippen molar-refractivity contribution in [3.8, 4) is 11.5 Å². The summed E-state index contributed by atoms with van der Waals surface area (Å²) >= 11 is 6.45. The summed E-state index contributed by atoms with van der Waals surface area (Å²) in [4.78, 5) is 4.58. The van der Waals surface area contributed by atoms with Gasteiger partial charge in [-0.2, -0.15) is 5.10 Å². The number of imidazole rings is 1. The van der Waals surface area contributed by atoms with E-state index in [9.17, 15) is 5.11 Å². The highest BCUT2D eigenvalue weighted by molar-refractivity contribution is 6.36. The normalized spacial score (nSPS) is 21.1. The van der Waals surface area contributed by atoms with E-state index in [4.69, 9.17) is 11.6 Å². The molecule has 2 aromatic heterocycles. The molecule has 1 aromatic carbocycles. The highest BCUT2D eigenvalue weighted by atomic mass is 35.5. The molecule has 5 nitrogen and oxygen atoms in total. The lowest BCUT2D eigenvalue weighted by molar-refractivity contribution is 0.161. The van der Waals surface area contributed by atoms with Crippen molar-refractivity contribution >= 4 is 22.5 Å². The quantitative estimate of drug-likeness (QED) is 0.769. The third-order valence-electron chi connectivity index (χ3n) is 5.43. The molecule has 25 heavy (non-hydrogen) atoms. The molecule has 1 aliphatic carbocycles. The van der Waals surface area contributed by atoms with Gasteiger partial charge < -0.3 is 9.67 Å². The largest absolute Gasteiger partial charge is 0.396 e. The Labute approximate surface area is 152 Å². The first-order chi connectivity index (χ1) is 12.2. The molecule has 6 heteroatoms. The van der Waals surface area contributed by atoms with Crippen LogP contribution in [0.5, 0.6) is 0 Å². The van der Waals surface area contributed by atoms with Crippen molar-refractivity contribution in [2.24, 2.45) is 18.9 Å². The van der Waals surface area contributed by atoms with Crippen molar-refractivity contribution in [3.63, 3.8) is 0 Å². The minimum Gasteiger partial charge on any atom is -0.396 e. The zero-order chi connectivity index (χ0) is 17.4. The SMILES string of the molecule is Cn1nc(-c2nccn2CC2CCC(CO)CC2)c2c(Cl)cccc21. The number of aryl methyl sites for hydroxylation is 1. The summed E-state index contributed by atoms with van der Waals surface area (Å²) in [7, 11) is 1.94. The molecule has 4 rings (SSSR count). The van der Waals surface area contributed by atoms with Gasteiger partial charge in [0.2, 0.25) is 0 Å². The predicted molar refractivity (Wildman–Crippen MR) is 99.5 cm³/mol. The standard InChI is InChI=1S/C19H23ClN4O/c1-23-16-4-2-3-15(20)17(16)18(22-23)19-21-9-10-24(19)11-13-5-7-14(12-25)8-6-13/h2-4,9-10,13-14,25H,5-8,11-12H2,1H3. The van der Waals surface area contributed by atoms with Gasteiger partial charge in [-0.05, 0) is 49.7 Å². The molecule has 132 valence electrons. The van der Waals surface area contributed by atoms with E-state index in [0.717, 1.165) is 54.6 Å². The number of aliphatic hydroxyl groups excluding tert-OH is 1. The van der Waals surface area contributed by atoms with Crippen LogP contribution in [-0.4, -0.2) is 31.0 Å². The van der Waals surface area contributed by atoms with Gasteiger partial charge in [-0.1, -0.05) is 17.7 Å². The molecule has 0 amide bonds. The number of halogens is 1. The molecule has 0 bridgehead atoms. The maximum atomic E-state index is 9.32. The Morgan fingerprint density at radius 2 is 1.96 bits per heavy atom.